The van der Waals surface area contributed by atoms with Gasteiger partial charge in [-0.15, -0.1) is 0 Å². The number of nitrogens with zero attached hydrogens (tertiary/aromatic N) is 5. The van der Waals surface area contributed by atoms with Gasteiger partial charge in [-0.1, -0.05) is 5.16 Å². The second kappa shape index (κ2) is 5.15. The summed E-state index contributed by atoms with van der Waals surface area (Å²) in [5.74, 6) is 2.27. The molecule has 22 heavy (non-hydrogen) atoms. The van der Waals surface area contributed by atoms with Crippen LogP contribution in [0.3, 0.4) is 0 Å². The SMILES string of the molecule is Cc1nccc(C(=O)N2CCC[C@H]2c2noc(C3CC3)n2)n1. The average Bonchev–Trinajstić information content (AvgIpc) is 3.07. The fourth-order valence-corrected chi connectivity index (χ4v) is 2.88. The molecule has 7 nitrogen and oxygen atoms in total. The Morgan fingerprint density at radius 2 is 2.18 bits per heavy atom. The van der Waals surface area contributed by atoms with E-state index < -0.39 is 0 Å². The van der Waals surface area contributed by atoms with Crippen molar-refractivity contribution in [2.24, 2.45) is 0 Å². The van der Waals surface area contributed by atoms with Gasteiger partial charge in [0.15, 0.2) is 5.82 Å². The second-order valence-corrected chi connectivity index (χ2v) is 5.91. The zero-order valence-corrected chi connectivity index (χ0v) is 12.4. The predicted octanol–water partition coefficient (Wildman–Crippen LogP) is 2.02. The molecule has 2 aromatic heterocycles. The predicted molar refractivity (Wildman–Crippen MR) is 76.1 cm³/mol. The van der Waals surface area contributed by atoms with Gasteiger partial charge in [-0.2, -0.15) is 4.98 Å². The lowest BCUT2D eigenvalue weighted by atomic mass is 10.2. The molecule has 1 aliphatic carbocycles. The first-order chi connectivity index (χ1) is 10.7. The van der Waals surface area contributed by atoms with E-state index in [4.69, 9.17) is 4.52 Å². The minimum Gasteiger partial charge on any atom is -0.339 e. The van der Waals surface area contributed by atoms with Gasteiger partial charge >= 0.3 is 0 Å². The van der Waals surface area contributed by atoms with Gasteiger partial charge in [0.05, 0.1) is 6.04 Å². The van der Waals surface area contributed by atoms with Crippen molar-refractivity contribution in [1.29, 1.82) is 0 Å². The number of hydrogen-bond donors (Lipinski definition) is 0. The summed E-state index contributed by atoms with van der Waals surface area (Å²) in [5, 5.41) is 4.09. The fourth-order valence-electron chi connectivity index (χ4n) is 2.88. The van der Waals surface area contributed by atoms with Crippen LogP contribution in [0, 0.1) is 6.92 Å². The average molecular weight is 299 g/mol. The van der Waals surface area contributed by atoms with E-state index in [2.05, 4.69) is 20.1 Å². The van der Waals surface area contributed by atoms with Gasteiger partial charge < -0.3 is 9.42 Å². The summed E-state index contributed by atoms with van der Waals surface area (Å²) in [6.45, 7) is 2.47. The lowest BCUT2D eigenvalue weighted by Gasteiger charge is -2.21. The number of aryl methyl sites for hydroxylation is 1. The highest BCUT2D eigenvalue weighted by molar-refractivity contribution is 5.92. The second-order valence-electron chi connectivity index (χ2n) is 5.91. The van der Waals surface area contributed by atoms with Gasteiger partial charge in [-0.3, -0.25) is 4.79 Å². The van der Waals surface area contributed by atoms with Crippen LogP contribution >= 0.6 is 0 Å². The third kappa shape index (κ3) is 2.36. The monoisotopic (exact) mass is 299 g/mol. The summed E-state index contributed by atoms with van der Waals surface area (Å²) >= 11 is 0. The summed E-state index contributed by atoms with van der Waals surface area (Å²) in [5.41, 5.74) is 0.422. The van der Waals surface area contributed by atoms with Crippen molar-refractivity contribution in [3.05, 3.63) is 35.5 Å². The van der Waals surface area contributed by atoms with Crippen LogP contribution in [0.25, 0.3) is 0 Å². The number of likely N-dealkylation sites (tertiary alicyclic amines) is 1. The first-order valence-corrected chi connectivity index (χ1v) is 7.66. The summed E-state index contributed by atoms with van der Waals surface area (Å²) < 4.78 is 5.33. The van der Waals surface area contributed by atoms with Gasteiger partial charge in [-0.25, -0.2) is 9.97 Å². The zero-order valence-electron chi connectivity index (χ0n) is 12.4. The van der Waals surface area contributed by atoms with Gasteiger partial charge in [0.2, 0.25) is 5.89 Å². The Morgan fingerprint density at radius 1 is 1.32 bits per heavy atom. The topological polar surface area (TPSA) is 85.0 Å². The van der Waals surface area contributed by atoms with Gasteiger partial charge in [0, 0.05) is 18.7 Å². The number of aromatic nitrogens is 4. The Labute approximate surface area is 127 Å². The molecule has 114 valence electrons. The van der Waals surface area contributed by atoms with Crippen molar-refractivity contribution in [2.75, 3.05) is 6.54 Å². The van der Waals surface area contributed by atoms with Crippen LogP contribution in [-0.4, -0.2) is 37.5 Å². The number of carbonyl (C=O) groups excluding carboxylic acids is 1. The van der Waals surface area contributed by atoms with E-state index in [1.165, 1.54) is 0 Å². The Bertz CT molecular complexity index is 709. The molecule has 1 saturated heterocycles. The molecule has 1 aliphatic heterocycles. The molecule has 2 aromatic rings. The highest BCUT2D eigenvalue weighted by Crippen LogP contribution is 2.40. The number of carbonyl (C=O) groups is 1. The minimum atomic E-state index is -0.112. The Morgan fingerprint density at radius 3 is 2.95 bits per heavy atom. The van der Waals surface area contributed by atoms with Crippen molar-refractivity contribution >= 4 is 5.91 Å². The van der Waals surface area contributed by atoms with Crippen LogP contribution in [0.15, 0.2) is 16.8 Å². The molecule has 2 fully saturated rings. The molecule has 0 bridgehead atoms. The molecule has 0 radical (unpaired) electrons. The minimum absolute atomic E-state index is 0.0919. The fraction of sp³-hybridized carbons (Fsp3) is 0.533. The summed E-state index contributed by atoms with van der Waals surface area (Å²) in [6, 6.07) is 1.54. The van der Waals surface area contributed by atoms with Gasteiger partial charge in [0.25, 0.3) is 5.91 Å². The maximum Gasteiger partial charge on any atom is 0.273 e. The molecule has 0 spiro atoms. The largest absolute Gasteiger partial charge is 0.339 e. The third-order valence-corrected chi connectivity index (χ3v) is 4.19. The van der Waals surface area contributed by atoms with E-state index in [1.807, 2.05) is 0 Å². The number of rotatable bonds is 3. The molecule has 1 saturated carbocycles. The highest BCUT2D eigenvalue weighted by Gasteiger charge is 2.36. The van der Waals surface area contributed by atoms with E-state index in [9.17, 15) is 4.79 Å². The van der Waals surface area contributed by atoms with Crippen LogP contribution in [-0.2, 0) is 0 Å². The van der Waals surface area contributed by atoms with Crippen LogP contribution in [0.5, 0.6) is 0 Å². The van der Waals surface area contributed by atoms with Crippen LogP contribution in [0.1, 0.15) is 65.7 Å². The maximum atomic E-state index is 12.7. The normalized spacial score (nSPS) is 21.3. The van der Waals surface area contributed by atoms with Crippen molar-refractivity contribution in [3.63, 3.8) is 0 Å². The third-order valence-electron chi connectivity index (χ3n) is 4.19. The van der Waals surface area contributed by atoms with E-state index in [0.29, 0.717) is 35.7 Å². The molecule has 3 heterocycles. The Kier molecular flexibility index (Phi) is 3.13. The molecule has 4 rings (SSSR count). The van der Waals surface area contributed by atoms with E-state index in [0.717, 1.165) is 25.7 Å². The summed E-state index contributed by atoms with van der Waals surface area (Å²) in [6.07, 6.45) is 5.65. The Balaban J connectivity index is 1.58. The molecule has 0 aromatic carbocycles. The molecule has 0 unspecified atom stereocenters. The van der Waals surface area contributed by atoms with Crippen molar-refractivity contribution in [1.82, 2.24) is 25.0 Å². The van der Waals surface area contributed by atoms with Crippen molar-refractivity contribution in [3.8, 4) is 0 Å². The van der Waals surface area contributed by atoms with E-state index >= 15 is 0 Å². The van der Waals surface area contributed by atoms with E-state index in [-0.39, 0.29) is 11.9 Å². The summed E-state index contributed by atoms with van der Waals surface area (Å²) in [4.78, 5) is 27.2. The van der Waals surface area contributed by atoms with Crippen LogP contribution in [0.2, 0.25) is 0 Å². The zero-order chi connectivity index (χ0) is 15.1. The molecule has 7 heteroatoms. The smallest absolute Gasteiger partial charge is 0.273 e. The summed E-state index contributed by atoms with van der Waals surface area (Å²) in [7, 11) is 0. The molecular formula is C15H17N5O2. The molecule has 1 atom stereocenters. The van der Waals surface area contributed by atoms with Crippen LogP contribution in [0.4, 0.5) is 0 Å². The standard InChI is InChI=1S/C15H17N5O2/c1-9-16-7-6-11(17-9)15(21)20-8-2-3-12(20)13-18-14(22-19-13)10-4-5-10/h6-7,10,12H,2-5,8H2,1H3/t12-/m0/s1. The molecule has 1 amide bonds. The lowest BCUT2D eigenvalue weighted by Crippen LogP contribution is -2.31. The van der Waals surface area contributed by atoms with Gasteiger partial charge in [0.1, 0.15) is 11.5 Å². The molecule has 0 N–H and O–H groups in total. The van der Waals surface area contributed by atoms with Crippen molar-refractivity contribution < 1.29 is 9.32 Å². The molecule has 2 aliphatic rings. The number of hydrogen-bond acceptors (Lipinski definition) is 6. The van der Waals surface area contributed by atoms with E-state index in [1.54, 1.807) is 24.1 Å². The molecular weight excluding hydrogens is 282 g/mol. The van der Waals surface area contributed by atoms with Crippen LogP contribution < -0.4 is 0 Å². The quantitative estimate of drug-likeness (QED) is 0.862. The number of amides is 1. The maximum absolute atomic E-state index is 12.7. The lowest BCUT2D eigenvalue weighted by molar-refractivity contribution is 0.0722. The Hall–Kier alpha value is -2.31. The first-order valence-electron chi connectivity index (χ1n) is 7.66. The first kappa shape index (κ1) is 13.4. The van der Waals surface area contributed by atoms with Gasteiger partial charge in [-0.05, 0) is 38.7 Å². The van der Waals surface area contributed by atoms with Crippen molar-refractivity contribution in [2.45, 2.75) is 44.6 Å². The highest BCUT2D eigenvalue weighted by atomic mass is 16.5.